The minimum absolute atomic E-state index is 0.0538. The summed E-state index contributed by atoms with van der Waals surface area (Å²) in [5, 5.41) is 8.67. The molecule has 0 saturated carbocycles. The molecule has 2 rings (SSSR count). The molecule has 1 heterocycles. The Labute approximate surface area is 100.0 Å². The number of benzene rings is 1. The first kappa shape index (κ1) is 11.8. The van der Waals surface area contributed by atoms with Gasteiger partial charge in [0.25, 0.3) is 0 Å². The zero-order valence-corrected chi connectivity index (χ0v) is 9.64. The van der Waals surface area contributed by atoms with Gasteiger partial charge < -0.3 is 10.5 Å². The second-order valence-corrected chi connectivity index (χ2v) is 4.50. The van der Waals surface area contributed by atoms with Crippen LogP contribution in [0.4, 0.5) is 0 Å². The standard InChI is InChI=1S/C13H14N2O2/c1-13(8-17-13)12(16)11(15)6-9-2-4-10(7-14)5-3-9/h2-5,11H,6,8,15H2,1H3. The Bertz CT molecular complexity index is 469. The van der Waals surface area contributed by atoms with Crippen molar-refractivity contribution in [2.24, 2.45) is 5.73 Å². The third-order valence-electron chi connectivity index (χ3n) is 2.97. The second kappa shape index (κ2) is 4.28. The van der Waals surface area contributed by atoms with E-state index in [1.165, 1.54) is 0 Å². The largest absolute Gasteiger partial charge is 0.362 e. The van der Waals surface area contributed by atoms with Crippen LogP contribution < -0.4 is 5.73 Å². The Morgan fingerprint density at radius 3 is 2.65 bits per heavy atom. The summed E-state index contributed by atoms with van der Waals surface area (Å²) in [6.07, 6.45) is 0.476. The molecule has 2 N–H and O–H groups in total. The zero-order valence-electron chi connectivity index (χ0n) is 9.64. The maximum atomic E-state index is 11.9. The summed E-state index contributed by atoms with van der Waals surface area (Å²) >= 11 is 0. The predicted octanol–water partition coefficient (Wildman–Crippen LogP) is 0.786. The van der Waals surface area contributed by atoms with Crippen molar-refractivity contribution >= 4 is 5.78 Å². The van der Waals surface area contributed by atoms with Crippen molar-refractivity contribution in [3.8, 4) is 6.07 Å². The molecule has 1 aromatic carbocycles. The summed E-state index contributed by atoms with van der Waals surface area (Å²) < 4.78 is 5.08. The van der Waals surface area contributed by atoms with E-state index >= 15 is 0 Å². The molecule has 1 fully saturated rings. The number of hydrogen-bond donors (Lipinski definition) is 1. The highest BCUT2D eigenvalue weighted by molar-refractivity contribution is 5.93. The first-order valence-electron chi connectivity index (χ1n) is 5.48. The van der Waals surface area contributed by atoms with Gasteiger partial charge in [0, 0.05) is 0 Å². The van der Waals surface area contributed by atoms with Gasteiger partial charge >= 0.3 is 0 Å². The van der Waals surface area contributed by atoms with E-state index in [-0.39, 0.29) is 5.78 Å². The molecular weight excluding hydrogens is 216 g/mol. The molecule has 1 aliphatic heterocycles. The smallest absolute Gasteiger partial charge is 0.183 e. The summed E-state index contributed by atoms with van der Waals surface area (Å²) in [5.41, 5.74) is 6.75. The lowest BCUT2D eigenvalue weighted by Gasteiger charge is -2.13. The van der Waals surface area contributed by atoms with Gasteiger partial charge in [0.1, 0.15) is 5.60 Å². The Balaban J connectivity index is 2.00. The van der Waals surface area contributed by atoms with Crippen LogP contribution in [0.1, 0.15) is 18.1 Å². The topological polar surface area (TPSA) is 79.4 Å². The van der Waals surface area contributed by atoms with Crippen LogP contribution in [0.5, 0.6) is 0 Å². The predicted molar refractivity (Wildman–Crippen MR) is 62.2 cm³/mol. The quantitative estimate of drug-likeness (QED) is 0.775. The number of Topliss-reactive ketones (excluding diaryl/α,β-unsaturated/α-hetero) is 1. The van der Waals surface area contributed by atoms with Crippen LogP contribution in [0, 0.1) is 11.3 Å². The Morgan fingerprint density at radius 2 is 2.18 bits per heavy atom. The van der Waals surface area contributed by atoms with E-state index in [1.54, 1.807) is 19.1 Å². The molecule has 1 aliphatic rings. The fourth-order valence-electron chi connectivity index (χ4n) is 1.70. The molecular formula is C13H14N2O2. The molecule has 0 radical (unpaired) electrons. The minimum atomic E-state index is -0.661. The number of nitrogens with zero attached hydrogens (tertiary/aromatic N) is 1. The van der Waals surface area contributed by atoms with E-state index in [4.69, 9.17) is 15.7 Å². The van der Waals surface area contributed by atoms with Gasteiger partial charge in [-0.25, -0.2) is 0 Å². The van der Waals surface area contributed by atoms with Gasteiger partial charge in [0.2, 0.25) is 0 Å². The molecule has 2 atom stereocenters. The molecule has 0 spiro atoms. The van der Waals surface area contributed by atoms with Crippen molar-refractivity contribution < 1.29 is 9.53 Å². The normalized spacial score (nSPS) is 23.8. The third-order valence-corrected chi connectivity index (χ3v) is 2.97. The van der Waals surface area contributed by atoms with Crippen molar-refractivity contribution in [2.45, 2.75) is 25.0 Å². The highest BCUT2D eigenvalue weighted by Gasteiger charge is 2.48. The van der Waals surface area contributed by atoms with Crippen molar-refractivity contribution in [1.82, 2.24) is 0 Å². The fourth-order valence-corrected chi connectivity index (χ4v) is 1.70. The molecule has 4 heteroatoms. The van der Waals surface area contributed by atoms with Crippen molar-refractivity contribution in [1.29, 1.82) is 5.26 Å². The van der Waals surface area contributed by atoms with Crippen molar-refractivity contribution in [2.75, 3.05) is 6.61 Å². The average molecular weight is 230 g/mol. The summed E-state index contributed by atoms with van der Waals surface area (Å²) in [6, 6.07) is 8.59. The van der Waals surface area contributed by atoms with Crippen LogP contribution in [-0.2, 0) is 16.0 Å². The number of epoxide rings is 1. The zero-order chi connectivity index (χ0) is 12.5. The lowest BCUT2D eigenvalue weighted by molar-refractivity contribution is -0.124. The first-order chi connectivity index (χ1) is 8.05. The molecule has 1 aromatic rings. The Kier molecular flexibility index (Phi) is 2.97. The van der Waals surface area contributed by atoms with Crippen LogP contribution in [0.15, 0.2) is 24.3 Å². The van der Waals surface area contributed by atoms with Gasteiger partial charge in [-0.2, -0.15) is 5.26 Å². The number of nitrogens with two attached hydrogens (primary N) is 1. The summed E-state index contributed by atoms with van der Waals surface area (Å²) in [5.74, 6) is -0.0538. The monoisotopic (exact) mass is 230 g/mol. The van der Waals surface area contributed by atoms with E-state index < -0.39 is 11.6 Å². The van der Waals surface area contributed by atoms with E-state index in [2.05, 4.69) is 0 Å². The molecule has 88 valence electrons. The lowest BCUT2D eigenvalue weighted by Crippen LogP contribution is -2.40. The highest BCUT2D eigenvalue weighted by atomic mass is 16.6. The van der Waals surface area contributed by atoms with E-state index in [0.29, 0.717) is 18.6 Å². The molecule has 1 saturated heterocycles. The van der Waals surface area contributed by atoms with Crippen molar-refractivity contribution in [3.63, 3.8) is 0 Å². The number of nitriles is 1. The molecule has 17 heavy (non-hydrogen) atoms. The molecule has 2 unspecified atom stereocenters. The lowest BCUT2D eigenvalue weighted by atomic mass is 9.95. The van der Waals surface area contributed by atoms with Gasteiger partial charge in [0.15, 0.2) is 5.78 Å². The Morgan fingerprint density at radius 1 is 1.59 bits per heavy atom. The van der Waals surface area contributed by atoms with Crippen LogP contribution >= 0.6 is 0 Å². The number of hydrogen-bond acceptors (Lipinski definition) is 4. The summed E-state index contributed by atoms with van der Waals surface area (Å²) in [7, 11) is 0. The van der Waals surface area contributed by atoms with Crippen molar-refractivity contribution in [3.05, 3.63) is 35.4 Å². The number of ether oxygens (including phenoxy) is 1. The van der Waals surface area contributed by atoms with Crippen LogP contribution in [0.3, 0.4) is 0 Å². The second-order valence-electron chi connectivity index (χ2n) is 4.50. The SMILES string of the molecule is CC1(C(=O)C(N)Cc2ccc(C#N)cc2)CO1. The fraction of sp³-hybridized carbons (Fsp3) is 0.385. The van der Waals surface area contributed by atoms with Gasteiger partial charge in [-0.05, 0) is 31.0 Å². The number of ketones is 1. The number of carbonyl (C=O) groups excluding carboxylic acids is 1. The maximum absolute atomic E-state index is 11.9. The summed E-state index contributed by atoms with van der Waals surface area (Å²) in [4.78, 5) is 11.9. The van der Waals surface area contributed by atoms with E-state index in [9.17, 15) is 4.79 Å². The molecule has 4 nitrogen and oxygen atoms in total. The van der Waals surface area contributed by atoms with Crippen LogP contribution in [0.25, 0.3) is 0 Å². The molecule has 0 bridgehead atoms. The van der Waals surface area contributed by atoms with Gasteiger partial charge in [-0.1, -0.05) is 12.1 Å². The highest BCUT2D eigenvalue weighted by Crippen LogP contribution is 2.28. The number of carbonyl (C=O) groups is 1. The first-order valence-corrected chi connectivity index (χ1v) is 5.48. The Hall–Kier alpha value is -1.70. The van der Waals surface area contributed by atoms with Gasteiger partial charge in [-0.15, -0.1) is 0 Å². The average Bonchev–Trinajstić information content (AvgIpc) is 3.08. The van der Waals surface area contributed by atoms with Crippen LogP contribution in [-0.4, -0.2) is 24.0 Å². The van der Waals surface area contributed by atoms with Gasteiger partial charge in [0.05, 0.1) is 24.3 Å². The molecule has 0 aliphatic carbocycles. The van der Waals surface area contributed by atoms with E-state index in [0.717, 1.165) is 5.56 Å². The molecule has 0 aromatic heterocycles. The third kappa shape index (κ3) is 2.52. The minimum Gasteiger partial charge on any atom is -0.362 e. The summed E-state index contributed by atoms with van der Waals surface area (Å²) in [6.45, 7) is 2.22. The van der Waals surface area contributed by atoms with E-state index in [1.807, 2.05) is 18.2 Å². The maximum Gasteiger partial charge on any atom is 0.183 e. The van der Waals surface area contributed by atoms with Gasteiger partial charge in [-0.3, -0.25) is 4.79 Å². The molecule has 0 amide bonds. The number of rotatable bonds is 4. The van der Waals surface area contributed by atoms with Crippen LogP contribution in [0.2, 0.25) is 0 Å².